The van der Waals surface area contributed by atoms with Crippen LogP contribution < -0.4 is 16.5 Å². The zero-order valence-electron chi connectivity index (χ0n) is 39.2. The number of benzene rings is 2. The number of amides is 4. The number of aromatic nitrogens is 2. The molecule has 348 valence electrons. The van der Waals surface area contributed by atoms with Gasteiger partial charge in [0, 0.05) is 74.8 Å². The average Bonchev–Trinajstić information content (AvgIpc) is 3.92. The third kappa shape index (κ3) is 9.97. The van der Waals surface area contributed by atoms with E-state index in [0.717, 1.165) is 50.1 Å². The Hall–Kier alpha value is -5.64. The number of rotatable bonds is 10. The van der Waals surface area contributed by atoms with E-state index in [9.17, 15) is 24.0 Å². The van der Waals surface area contributed by atoms with E-state index in [1.165, 1.54) is 9.91 Å². The van der Waals surface area contributed by atoms with Crippen LogP contribution in [0.3, 0.4) is 0 Å². The smallest absolute Gasteiger partial charge is 0.324 e. The van der Waals surface area contributed by atoms with Gasteiger partial charge in [-0.25, -0.2) is 5.43 Å². The van der Waals surface area contributed by atoms with Crippen LogP contribution in [0, 0.1) is 17.3 Å². The number of likely N-dealkylation sites (tertiary alicyclic amines) is 1. The van der Waals surface area contributed by atoms with Gasteiger partial charge in [0.1, 0.15) is 18.1 Å². The molecular formula is C50H66N8O7. The molecule has 2 aromatic heterocycles. The number of fused-ring (bicyclic) bond motifs is 6. The number of pyridine rings is 1. The number of esters is 1. The van der Waals surface area contributed by atoms with Crippen molar-refractivity contribution in [2.24, 2.45) is 23.0 Å². The molecule has 2 aromatic carbocycles. The van der Waals surface area contributed by atoms with Crippen molar-refractivity contribution in [1.29, 1.82) is 0 Å². The van der Waals surface area contributed by atoms with Gasteiger partial charge in [-0.15, -0.1) is 0 Å². The number of aryl methyl sites for hydroxylation is 1. The number of cyclic esters (lactones) is 1. The topological polar surface area (TPSA) is 181 Å². The highest BCUT2D eigenvalue weighted by Gasteiger charge is 2.40. The molecule has 4 amide bonds. The van der Waals surface area contributed by atoms with Gasteiger partial charge in [-0.3, -0.25) is 34.0 Å². The predicted molar refractivity (Wildman–Crippen MR) is 249 cm³/mol. The number of hydrazine groups is 1. The molecule has 5 atom stereocenters. The van der Waals surface area contributed by atoms with Gasteiger partial charge in [-0.05, 0) is 92.0 Å². The van der Waals surface area contributed by atoms with Crippen LogP contribution in [0.1, 0.15) is 83.7 Å². The first-order valence-electron chi connectivity index (χ1n) is 23.1. The summed E-state index contributed by atoms with van der Waals surface area (Å²) >= 11 is 0. The van der Waals surface area contributed by atoms with Crippen LogP contribution in [0.25, 0.3) is 33.3 Å². The molecule has 4 aromatic rings. The second kappa shape index (κ2) is 19.8. The van der Waals surface area contributed by atoms with Crippen LogP contribution in [0.5, 0.6) is 0 Å². The van der Waals surface area contributed by atoms with Crippen molar-refractivity contribution in [2.45, 2.75) is 104 Å². The number of likely N-dealkylation sites (N-methyl/N-ethyl adjacent to an activating group) is 1. The number of carbonyl (C=O) groups excluding carboxylic acids is 5. The zero-order chi connectivity index (χ0) is 46.7. The lowest BCUT2D eigenvalue weighted by molar-refractivity contribution is -0.155. The fourth-order valence-corrected chi connectivity index (χ4v) is 9.91. The van der Waals surface area contributed by atoms with Crippen molar-refractivity contribution in [1.82, 2.24) is 35.1 Å². The zero-order valence-corrected chi connectivity index (χ0v) is 39.2. The summed E-state index contributed by atoms with van der Waals surface area (Å²) in [4.78, 5) is 77.1. The van der Waals surface area contributed by atoms with E-state index in [2.05, 4.69) is 72.5 Å². The van der Waals surface area contributed by atoms with Crippen LogP contribution in [-0.4, -0.2) is 119 Å². The molecule has 65 heavy (non-hydrogen) atoms. The fraction of sp³-hybridized carbons (Fsp3) is 0.520. The largest absolute Gasteiger partial charge is 0.464 e. The number of nitrogens with two attached hydrogens (primary N) is 1. The van der Waals surface area contributed by atoms with Crippen molar-refractivity contribution in [2.75, 3.05) is 46.9 Å². The van der Waals surface area contributed by atoms with Gasteiger partial charge in [0.2, 0.25) is 17.7 Å². The number of methoxy groups -OCH3 is 1. The molecule has 6 bridgehead atoms. The molecule has 0 saturated carbocycles. The maximum atomic E-state index is 14.7. The highest BCUT2D eigenvalue weighted by Crippen LogP contribution is 2.42. The quantitative estimate of drug-likeness (QED) is 0.183. The number of ether oxygens (including phenoxy) is 2. The van der Waals surface area contributed by atoms with E-state index in [4.69, 9.17) is 20.2 Å². The van der Waals surface area contributed by atoms with Gasteiger partial charge in [-0.1, -0.05) is 58.0 Å². The highest BCUT2D eigenvalue weighted by molar-refractivity contribution is 5.96. The lowest BCUT2D eigenvalue weighted by Gasteiger charge is -2.37. The van der Waals surface area contributed by atoms with Gasteiger partial charge in [0.25, 0.3) is 5.91 Å². The molecule has 0 aliphatic carbocycles. The number of hydrogen-bond acceptors (Lipinski definition) is 10. The van der Waals surface area contributed by atoms with Gasteiger partial charge >= 0.3 is 5.97 Å². The maximum absolute atomic E-state index is 14.7. The summed E-state index contributed by atoms with van der Waals surface area (Å²) in [5.74, 6) is -2.57. The van der Waals surface area contributed by atoms with Gasteiger partial charge in [0.15, 0.2) is 0 Å². The van der Waals surface area contributed by atoms with Gasteiger partial charge in [-0.2, -0.15) is 0 Å². The van der Waals surface area contributed by atoms with E-state index < -0.39 is 47.2 Å². The van der Waals surface area contributed by atoms with Crippen LogP contribution >= 0.6 is 0 Å². The highest BCUT2D eigenvalue weighted by atomic mass is 16.5. The Kier molecular flexibility index (Phi) is 14.5. The minimum atomic E-state index is -1.05. The Balaban J connectivity index is 1.29. The fourth-order valence-electron chi connectivity index (χ4n) is 9.91. The molecule has 0 spiro atoms. The monoisotopic (exact) mass is 891 g/mol. The normalized spacial score (nSPS) is 21.2. The molecule has 3 aliphatic heterocycles. The van der Waals surface area contributed by atoms with Crippen molar-refractivity contribution >= 4 is 40.5 Å². The molecule has 15 nitrogen and oxygen atoms in total. The molecule has 2 saturated heterocycles. The first-order chi connectivity index (χ1) is 31.0. The lowest BCUT2D eigenvalue weighted by atomic mass is 9.84. The Labute approximate surface area is 382 Å². The van der Waals surface area contributed by atoms with Crippen LogP contribution in [0.4, 0.5) is 0 Å². The molecule has 3 aliphatic rings. The standard InChI is InChI=1S/C50H66N8O7/c1-9-57-41-18-17-34-25-37(41)38(45(57)36-15-11-20-52-43(36)31(4)64-8)26-50(5,6)29-65-49(63)39-16-12-21-58(54-39)48(62)40(24-32-13-10-14-33(34)23-32)53-46(60)44(30(2)3)55(7)47(61)35-19-22-56(28-35)42(59)27-51/h10-11,13-15,17-18,20,23,25,30-31,35,39-40,44,54H,9,12,16,19,21-22,24,26-29,51H2,1-8H3,(H,53,60)/t31-,35-,39-,40-,44-/m0/s1. The molecule has 4 N–H and O–H groups in total. The van der Waals surface area contributed by atoms with E-state index in [1.807, 2.05) is 39.0 Å². The third-order valence-corrected chi connectivity index (χ3v) is 13.4. The third-order valence-electron chi connectivity index (χ3n) is 13.4. The summed E-state index contributed by atoms with van der Waals surface area (Å²) < 4.78 is 14.3. The minimum absolute atomic E-state index is 0.134. The number of nitrogens with zero attached hydrogens (tertiary/aromatic N) is 5. The van der Waals surface area contributed by atoms with Crippen molar-refractivity contribution < 1.29 is 33.4 Å². The Morgan fingerprint density at radius 1 is 1.05 bits per heavy atom. The number of hydrogen-bond donors (Lipinski definition) is 3. The molecule has 0 radical (unpaired) electrons. The first kappa shape index (κ1) is 47.3. The van der Waals surface area contributed by atoms with E-state index in [1.54, 1.807) is 25.3 Å². The van der Waals surface area contributed by atoms with Crippen molar-refractivity contribution in [3.63, 3.8) is 0 Å². The predicted octanol–water partition coefficient (Wildman–Crippen LogP) is 5.04. The van der Waals surface area contributed by atoms with Crippen molar-refractivity contribution in [3.05, 3.63) is 77.6 Å². The van der Waals surface area contributed by atoms with Gasteiger partial charge in [0.05, 0.1) is 36.6 Å². The minimum Gasteiger partial charge on any atom is -0.464 e. The lowest BCUT2D eigenvalue weighted by Crippen LogP contribution is -2.62. The maximum Gasteiger partial charge on any atom is 0.324 e. The summed E-state index contributed by atoms with van der Waals surface area (Å²) in [5.41, 5.74) is 16.0. The second-order valence-corrected chi connectivity index (χ2v) is 19.0. The first-order valence-corrected chi connectivity index (χ1v) is 23.1. The summed E-state index contributed by atoms with van der Waals surface area (Å²) in [6, 6.07) is 15.8. The summed E-state index contributed by atoms with van der Waals surface area (Å²) in [7, 11) is 3.29. The number of nitrogens with one attached hydrogen (secondary N) is 2. The Morgan fingerprint density at radius 3 is 2.54 bits per heavy atom. The molecule has 0 unspecified atom stereocenters. The summed E-state index contributed by atoms with van der Waals surface area (Å²) in [5, 5.41) is 5.57. The second-order valence-electron chi connectivity index (χ2n) is 19.0. The van der Waals surface area contributed by atoms with E-state index >= 15 is 0 Å². The molecule has 15 heteroatoms. The number of carbonyl (C=O) groups is 5. The molecule has 2 fully saturated rings. The Morgan fingerprint density at radius 2 is 1.82 bits per heavy atom. The Bertz CT molecular complexity index is 2430. The van der Waals surface area contributed by atoms with E-state index in [-0.39, 0.29) is 50.0 Å². The molecular weight excluding hydrogens is 825 g/mol. The summed E-state index contributed by atoms with van der Waals surface area (Å²) in [6.45, 7) is 13.8. The van der Waals surface area contributed by atoms with Crippen molar-refractivity contribution in [3.8, 4) is 22.4 Å². The van der Waals surface area contributed by atoms with Crippen LogP contribution in [0.15, 0.2) is 60.8 Å². The molecule has 5 heterocycles. The summed E-state index contributed by atoms with van der Waals surface area (Å²) in [6.07, 6.45) is 3.76. The van der Waals surface area contributed by atoms with Gasteiger partial charge < -0.3 is 34.9 Å². The average molecular weight is 891 g/mol. The van der Waals surface area contributed by atoms with Crippen LogP contribution in [0.2, 0.25) is 0 Å². The SMILES string of the molecule is CCn1c(-c2cccnc2[C@H](C)OC)c2c3cc(ccc31)-c1cccc(c1)C[C@H](NC(=O)[C@H](C(C)C)N(C)C(=O)[C@H]1CCN(C(=O)CN)C1)C(=O)N1CCC[C@H](N1)C(=O)OCC(C)(C)C2. The van der Waals surface area contributed by atoms with Crippen LogP contribution in [-0.2, 0) is 52.8 Å². The van der Waals surface area contributed by atoms with E-state index in [0.29, 0.717) is 45.3 Å². The molecule has 7 rings (SSSR count).